The van der Waals surface area contributed by atoms with Crippen molar-refractivity contribution < 1.29 is 0 Å². The van der Waals surface area contributed by atoms with Crippen LogP contribution in [-0.4, -0.2) is 36.1 Å². The van der Waals surface area contributed by atoms with Crippen molar-refractivity contribution in [2.75, 3.05) is 13.1 Å². The first kappa shape index (κ1) is 20.2. The summed E-state index contributed by atoms with van der Waals surface area (Å²) in [6.07, 6.45) is 7.53. The van der Waals surface area contributed by atoms with Crippen molar-refractivity contribution in [3.63, 3.8) is 0 Å². The molecule has 0 aromatic carbocycles. The molecule has 2 heteroatoms. The molecule has 82 valence electrons. The van der Waals surface area contributed by atoms with E-state index in [1.54, 1.807) is 0 Å². The summed E-state index contributed by atoms with van der Waals surface area (Å²) in [7, 11) is 0. The molecule has 0 bridgehead atoms. The third-order valence-electron chi connectivity index (χ3n) is 1.77. The normalized spacial score (nSPS) is 8.57. The van der Waals surface area contributed by atoms with E-state index in [2.05, 4.69) is 33.0 Å². The maximum absolute atomic E-state index is 3.60. The van der Waals surface area contributed by atoms with E-state index in [1.165, 1.54) is 45.2 Å². The van der Waals surface area contributed by atoms with Gasteiger partial charge < -0.3 is 12.2 Å². The smallest absolute Gasteiger partial charge is 0.343 e. The van der Waals surface area contributed by atoms with E-state index in [4.69, 9.17) is 0 Å². The monoisotopic (exact) mass is 210 g/mol. The quantitative estimate of drug-likeness (QED) is 0.386. The Balaban J connectivity index is -0.000000209. The van der Waals surface area contributed by atoms with Gasteiger partial charge in [0.05, 0.1) is 0 Å². The van der Waals surface area contributed by atoms with Crippen molar-refractivity contribution >= 4 is 23.1 Å². The summed E-state index contributed by atoms with van der Waals surface area (Å²) in [6.45, 7) is 12.6. The van der Waals surface area contributed by atoms with Gasteiger partial charge in [-0.15, -0.1) is 0 Å². The fourth-order valence-corrected chi connectivity index (χ4v) is 0.729. The fourth-order valence-electron chi connectivity index (χ4n) is 0.729. The Morgan fingerprint density at radius 2 is 1.21 bits per heavy atom. The molecule has 0 saturated heterocycles. The molecule has 0 fully saturated rings. The molecule has 0 unspecified atom stereocenters. The maximum atomic E-state index is 3.60. The molecule has 1 N–H and O–H groups in total. The van der Waals surface area contributed by atoms with Gasteiger partial charge in [0.1, 0.15) is 0 Å². The molecule has 0 saturated carbocycles. The minimum Gasteiger partial charge on any atom is -0.343 e. The van der Waals surface area contributed by atoms with E-state index >= 15 is 0 Å². The van der Waals surface area contributed by atoms with Crippen LogP contribution in [-0.2, 0) is 0 Å². The predicted molar refractivity (Wildman–Crippen MR) is 68.7 cm³/mol. The first-order valence-electron chi connectivity index (χ1n) is 5.83. The molecular formula is C12H28MgN+. The minimum atomic E-state index is 0. The number of hydrogen-bond acceptors (Lipinski definition) is 1. The third-order valence-corrected chi connectivity index (χ3v) is 1.77. The van der Waals surface area contributed by atoms with E-state index in [9.17, 15) is 0 Å². The summed E-state index contributed by atoms with van der Waals surface area (Å²) in [6, 6.07) is 0. The van der Waals surface area contributed by atoms with E-state index < -0.39 is 0 Å². The Bertz CT molecular complexity index is 59.3. The minimum absolute atomic E-state index is 0. The van der Waals surface area contributed by atoms with Gasteiger partial charge in [0.15, 0.2) is 0 Å². The zero-order valence-electron chi connectivity index (χ0n) is 10.6. The largest absolute Gasteiger partial charge is 2.00 e. The SMILES string of the molecule is CCCCNCCCC.[CH2-]CCC.[Mg+2]. The van der Waals surface area contributed by atoms with Crippen LogP contribution in [0.2, 0.25) is 0 Å². The Morgan fingerprint density at radius 3 is 1.43 bits per heavy atom. The summed E-state index contributed by atoms with van der Waals surface area (Å²) in [4.78, 5) is 0. The molecular weight excluding hydrogens is 182 g/mol. The Labute approximate surface area is 108 Å². The topological polar surface area (TPSA) is 12.0 Å². The van der Waals surface area contributed by atoms with Crippen LogP contribution in [0.5, 0.6) is 0 Å². The third kappa shape index (κ3) is 29.3. The van der Waals surface area contributed by atoms with Gasteiger partial charge in [0, 0.05) is 0 Å². The molecule has 0 spiro atoms. The number of hydrogen-bond donors (Lipinski definition) is 1. The summed E-state index contributed by atoms with van der Waals surface area (Å²) in [5, 5.41) is 3.39. The zero-order chi connectivity index (χ0) is 10.4. The van der Waals surface area contributed by atoms with Crippen molar-refractivity contribution in [1.82, 2.24) is 5.32 Å². The van der Waals surface area contributed by atoms with Crippen molar-refractivity contribution in [2.24, 2.45) is 0 Å². The Morgan fingerprint density at radius 1 is 0.857 bits per heavy atom. The van der Waals surface area contributed by atoms with Gasteiger partial charge in [0.25, 0.3) is 0 Å². The van der Waals surface area contributed by atoms with E-state index in [0.29, 0.717) is 0 Å². The second kappa shape index (κ2) is 23.5. The molecule has 0 aliphatic heterocycles. The molecule has 0 aliphatic carbocycles. The summed E-state index contributed by atoms with van der Waals surface area (Å²) in [5.74, 6) is 0. The predicted octanol–water partition coefficient (Wildman–Crippen LogP) is 3.42. The summed E-state index contributed by atoms with van der Waals surface area (Å²) >= 11 is 0. The Hall–Kier alpha value is 0.726. The molecule has 0 atom stereocenters. The van der Waals surface area contributed by atoms with E-state index in [1.807, 2.05) is 0 Å². The van der Waals surface area contributed by atoms with Gasteiger partial charge in [-0.3, -0.25) is 0 Å². The van der Waals surface area contributed by atoms with E-state index in [-0.39, 0.29) is 23.1 Å². The molecule has 0 aromatic heterocycles. The van der Waals surface area contributed by atoms with Gasteiger partial charge >= 0.3 is 23.1 Å². The standard InChI is InChI=1S/C8H19N.C4H9.Mg/c1-3-5-7-9-8-6-4-2;1-3-4-2;/h9H,3-8H2,1-2H3;1,3-4H2,2H3;/q;-1;+2. The number of rotatable bonds is 7. The average Bonchev–Trinajstić information content (AvgIpc) is 2.18. The van der Waals surface area contributed by atoms with Crippen LogP contribution in [0.1, 0.15) is 59.3 Å². The zero-order valence-corrected chi connectivity index (χ0v) is 12.0. The second-order valence-corrected chi connectivity index (χ2v) is 3.31. The molecule has 0 rings (SSSR count). The molecule has 0 amide bonds. The number of unbranched alkanes of at least 4 members (excludes halogenated alkanes) is 3. The number of nitrogens with one attached hydrogen (secondary N) is 1. The van der Waals surface area contributed by atoms with Crippen LogP contribution in [0.3, 0.4) is 0 Å². The van der Waals surface area contributed by atoms with Gasteiger partial charge in [-0.25, -0.2) is 0 Å². The average molecular weight is 211 g/mol. The molecule has 0 radical (unpaired) electrons. The van der Waals surface area contributed by atoms with Gasteiger partial charge in [0.2, 0.25) is 0 Å². The molecule has 14 heavy (non-hydrogen) atoms. The van der Waals surface area contributed by atoms with Crippen LogP contribution in [0, 0.1) is 6.92 Å². The summed E-state index contributed by atoms with van der Waals surface area (Å²) < 4.78 is 0. The van der Waals surface area contributed by atoms with Crippen LogP contribution < -0.4 is 5.32 Å². The van der Waals surface area contributed by atoms with Gasteiger partial charge in [-0.1, -0.05) is 40.0 Å². The van der Waals surface area contributed by atoms with Crippen LogP contribution in [0.25, 0.3) is 0 Å². The summed E-state index contributed by atoms with van der Waals surface area (Å²) in [5.41, 5.74) is 0. The van der Waals surface area contributed by atoms with Crippen molar-refractivity contribution in [1.29, 1.82) is 0 Å². The van der Waals surface area contributed by atoms with Gasteiger partial charge in [-0.05, 0) is 25.9 Å². The molecule has 1 nitrogen and oxygen atoms in total. The molecule has 0 heterocycles. The first-order chi connectivity index (χ1) is 6.33. The first-order valence-corrected chi connectivity index (χ1v) is 5.83. The van der Waals surface area contributed by atoms with Crippen molar-refractivity contribution in [2.45, 2.75) is 59.3 Å². The molecule has 0 aliphatic rings. The van der Waals surface area contributed by atoms with Gasteiger partial charge in [-0.2, -0.15) is 6.42 Å². The second-order valence-electron chi connectivity index (χ2n) is 3.31. The van der Waals surface area contributed by atoms with Crippen molar-refractivity contribution in [3.8, 4) is 0 Å². The maximum Gasteiger partial charge on any atom is 2.00 e. The van der Waals surface area contributed by atoms with Crippen LogP contribution >= 0.6 is 0 Å². The molecule has 0 aromatic rings. The fraction of sp³-hybridized carbons (Fsp3) is 0.917. The van der Waals surface area contributed by atoms with Crippen LogP contribution in [0.4, 0.5) is 0 Å². The van der Waals surface area contributed by atoms with Crippen LogP contribution in [0.15, 0.2) is 0 Å². The van der Waals surface area contributed by atoms with Crippen molar-refractivity contribution in [3.05, 3.63) is 6.92 Å². The Kier molecular flexibility index (Phi) is 33.9. The van der Waals surface area contributed by atoms with E-state index in [0.717, 1.165) is 6.42 Å².